The fraction of sp³-hybridized carbons (Fsp3) is 0. The maximum atomic E-state index is 13.2. The summed E-state index contributed by atoms with van der Waals surface area (Å²) in [7, 11) is 0. The molecule has 2 rings (SSSR count). The fourth-order valence-electron chi connectivity index (χ4n) is 1.08. The summed E-state index contributed by atoms with van der Waals surface area (Å²) in [5.74, 6) is -0.449. The lowest BCUT2D eigenvalue weighted by molar-refractivity contribution is 0.637. The molecule has 0 saturated heterocycles. The minimum atomic E-state index is -0.449. The third-order valence-electron chi connectivity index (χ3n) is 1.67. The van der Waals surface area contributed by atoms with Gasteiger partial charge in [0.1, 0.15) is 5.52 Å². The van der Waals surface area contributed by atoms with Gasteiger partial charge in [-0.15, -0.1) is 0 Å². The van der Waals surface area contributed by atoms with E-state index in [4.69, 9.17) is 11.6 Å². The van der Waals surface area contributed by atoms with Crippen LogP contribution in [0.4, 0.5) is 4.39 Å². The fourth-order valence-corrected chi connectivity index (χ4v) is 1.24. The van der Waals surface area contributed by atoms with E-state index in [1.807, 2.05) is 0 Å². The summed E-state index contributed by atoms with van der Waals surface area (Å²) in [5.41, 5.74) is 0.324. The lowest BCUT2D eigenvalue weighted by Crippen LogP contribution is -1.83. The van der Waals surface area contributed by atoms with Crippen LogP contribution in [0.25, 0.3) is 10.9 Å². The van der Waals surface area contributed by atoms with Gasteiger partial charge < -0.3 is 0 Å². The van der Waals surface area contributed by atoms with Gasteiger partial charge in [0.25, 0.3) is 0 Å². The predicted octanol–water partition coefficient (Wildman–Crippen LogP) is 3.03. The zero-order chi connectivity index (χ0) is 8.55. The Labute approximate surface area is 73.8 Å². The Morgan fingerprint density at radius 1 is 1.25 bits per heavy atom. The van der Waals surface area contributed by atoms with Gasteiger partial charge in [0, 0.05) is 11.6 Å². The molecule has 60 valence electrons. The number of hydrogen-bond acceptors (Lipinski definition) is 1. The van der Waals surface area contributed by atoms with Crippen molar-refractivity contribution in [3.63, 3.8) is 0 Å². The Bertz CT molecular complexity index is 428. The van der Waals surface area contributed by atoms with Crippen molar-refractivity contribution in [3.05, 3.63) is 41.3 Å². The first kappa shape index (κ1) is 7.50. The summed E-state index contributed by atoms with van der Waals surface area (Å²) >= 11 is 5.57. The molecule has 2 aromatic rings. The molecule has 1 aromatic heterocycles. The van der Waals surface area contributed by atoms with Gasteiger partial charge in [-0.1, -0.05) is 23.7 Å². The number of rotatable bonds is 0. The Morgan fingerprint density at radius 2 is 2.08 bits per heavy atom. The van der Waals surface area contributed by atoms with E-state index >= 15 is 0 Å². The van der Waals surface area contributed by atoms with Gasteiger partial charge in [-0.2, -0.15) is 0 Å². The van der Waals surface area contributed by atoms with Crippen LogP contribution in [0.15, 0.2) is 30.5 Å². The molecule has 0 atom stereocenters. The van der Waals surface area contributed by atoms with Gasteiger partial charge >= 0.3 is 0 Å². The highest BCUT2D eigenvalue weighted by Gasteiger charge is 2.04. The number of aromatic nitrogens is 1. The van der Waals surface area contributed by atoms with Crippen LogP contribution in [-0.4, -0.2) is 4.98 Å². The van der Waals surface area contributed by atoms with E-state index in [2.05, 4.69) is 4.98 Å². The average molecular weight is 182 g/mol. The summed E-state index contributed by atoms with van der Waals surface area (Å²) in [5, 5.41) is 0.876. The Hall–Kier alpha value is -1.15. The highest BCUT2D eigenvalue weighted by atomic mass is 35.5. The molecule has 1 nitrogen and oxygen atoms in total. The molecule has 0 aliphatic heterocycles. The van der Waals surface area contributed by atoms with E-state index in [0.717, 1.165) is 5.39 Å². The van der Waals surface area contributed by atoms with Gasteiger partial charge in [-0.05, 0) is 12.1 Å². The summed E-state index contributed by atoms with van der Waals surface area (Å²) in [6.07, 6.45) is 1.54. The number of pyridine rings is 1. The third kappa shape index (κ3) is 1.04. The van der Waals surface area contributed by atoms with E-state index < -0.39 is 5.82 Å². The second kappa shape index (κ2) is 2.72. The van der Waals surface area contributed by atoms with E-state index in [1.54, 1.807) is 24.4 Å². The summed E-state index contributed by atoms with van der Waals surface area (Å²) in [6, 6.07) is 6.83. The van der Waals surface area contributed by atoms with E-state index in [1.165, 1.54) is 6.07 Å². The van der Waals surface area contributed by atoms with Crippen molar-refractivity contribution in [2.75, 3.05) is 0 Å². The number of nitrogens with zero attached hydrogens (tertiary/aromatic N) is 1. The lowest BCUT2D eigenvalue weighted by Gasteiger charge is -1.98. The lowest BCUT2D eigenvalue weighted by atomic mass is 10.2. The minimum absolute atomic E-state index is 0.112. The van der Waals surface area contributed by atoms with Crippen molar-refractivity contribution in [3.8, 4) is 0 Å². The molecule has 0 radical (unpaired) electrons. The largest absolute Gasteiger partial charge is 0.253 e. The summed E-state index contributed by atoms with van der Waals surface area (Å²) in [6.45, 7) is 0. The third-order valence-corrected chi connectivity index (χ3v) is 1.96. The van der Waals surface area contributed by atoms with Crippen LogP contribution < -0.4 is 0 Å². The van der Waals surface area contributed by atoms with Crippen LogP contribution in [0.3, 0.4) is 0 Å². The first-order valence-electron chi connectivity index (χ1n) is 3.48. The van der Waals surface area contributed by atoms with Crippen molar-refractivity contribution in [2.45, 2.75) is 0 Å². The van der Waals surface area contributed by atoms with Gasteiger partial charge in [0.2, 0.25) is 0 Å². The smallest absolute Gasteiger partial charge is 0.167 e. The molecule has 0 aliphatic carbocycles. The Morgan fingerprint density at radius 3 is 2.92 bits per heavy atom. The van der Waals surface area contributed by atoms with Crippen LogP contribution in [-0.2, 0) is 0 Å². The first-order valence-corrected chi connectivity index (χ1v) is 3.85. The summed E-state index contributed by atoms with van der Waals surface area (Å²) in [4.78, 5) is 3.88. The second-order valence-electron chi connectivity index (χ2n) is 2.44. The van der Waals surface area contributed by atoms with Gasteiger partial charge in [-0.3, -0.25) is 4.98 Å². The molecule has 0 N–H and O–H groups in total. The van der Waals surface area contributed by atoms with Gasteiger partial charge in [0.05, 0.1) is 5.02 Å². The van der Waals surface area contributed by atoms with Crippen LogP contribution in [0, 0.1) is 5.82 Å². The quantitative estimate of drug-likeness (QED) is 0.609. The van der Waals surface area contributed by atoms with Gasteiger partial charge in [-0.25, -0.2) is 4.39 Å². The molecular weight excluding hydrogens is 177 g/mol. The topological polar surface area (TPSA) is 12.9 Å². The highest BCUT2D eigenvalue weighted by molar-refractivity contribution is 6.31. The molecule has 0 amide bonds. The molecule has 0 spiro atoms. The number of benzene rings is 1. The number of fused-ring (bicyclic) bond motifs is 1. The van der Waals surface area contributed by atoms with Crippen molar-refractivity contribution in [1.82, 2.24) is 4.98 Å². The highest BCUT2D eigenvalue weighted by Crippen LogP contribution is 2.21. The van der Waals surface area contributed by atoms with E-state index in [-0.39, 0.29) is 5.02 Å². The molecule has 0 unspecified atom stereocenters. The van der Waals surface area contributed by atoms with Crippen molar-refractivity contribution in [1.29, 1.82) is 0 Å². The Balaban J connectivity index is 2.91. The molecule has 0 saturated carbocycles. The zero-order valence-corrected chi connectivity index (χ0v) is 6.85. The summed E-state index contributed by atoms with van der Waals surface area (Å²) < 4.78 is 13.2. The van der Waals surface area contributed by atoms with E-state index in [9.17, 15) is 4.39 Å². The molecule has 1 aromatic carbocycles. The number of hydrogen-bond donors (Lipinski definition) is 0. The molecule has 1 heterocycles. The molecule has 12 heavy (non-hydrogen) atoms. The van der Waals surface area contributed by atoms with Crippen LogP contribution in [0.2, 0.25) is 5.02 Å². The zero-order valence-electron chi connectivity index (χ0n) is 6.09. The molecule has 0 fully saturated rings. The average Bonchev–Trinajstić information content (AvgIpc) is 2.12. The van der Waals surface area contributed by atoms with Crippen LogP contribution in [0.1, 0.15) is 0 Å². The molecule has 3 heteroatoms. The maximum absolute atomic E-state index is 13.2. The first-order chi connectivity index (χ1) is 5.79. The second-order valence-corrected chi connectivity index (χ2v) is 2.84. The SMILES string of the molecule is Fc1c(Cl)ccc2cccnc12. The normalized spacial score (nSPS) is 10.5. The van der Waals surface area contributed by atoms with Crippen molar-refractivity contribution >= 4 is 22.5 Å². The van der Waals surface area contributed by atoms with Crippen molar-refractivity contribution < 1.29 is 4.39 Å². The van der Waals surface area contributed by atoms with E-state index in [0.29, 0.717) is 5.52 Å². The van der Waals surface area contributed by atoms with Crippen LogP contribution >= 0.6 is 11.6 Å². The predicted molar refractivity (Wildman–Crippen MR) is 46.7 cm³/mol. The Kier molecular flexibility index (Phi) is 1.70. The van der Waals surface area contributed by atoms with Gasteiger partial charge in [0.15, 0.2) is 5.82 Å². The maximum Gasteiger partial charge on any atom is 0.167 e. The molecule has 0 aliphatic rings. The molecular formula is C9H5ClFN. The standard InChI is InChI=1S/C9H5ClFN/c10-7-4-3-6-2-1-5-12-9(6)8(7)11/h1-5H. The van der Waals surface area contributed by atoms with Crippen LogP contribution in [0.5, 0.6) is 0 Å². The number of halogens is 2. The van der Waals surface area contributed by atoms with Crippen molar-refractivity contribution in [2.24, 2.45) is 0 Å². The molecule has 0 bridgehead atoms. The monoisotopic (exact) mass is 181 g/mol. The minimum Gasteiger partial charge on any atom is -0.253 e.